The fourth-order valence-electron chi connectivity index (χ4n) is 1.12. The number of rotatable bonds is 1. The number of β-amino-alcohol motifs (C(OH)–C–C–N with tert-alkyl or cyclic N) is 1. The molecule has 64 valence electrons. The maximum absolute atomic E-state index is 10.3. The summed E-state index contributed by atoms with van der Waals surface area (Å²) in [6, 6.07) is 0. The van der Waals surface area contributed by atoms with Crippen LogP contribution >= 0.6 is 0 Å². The van der Waals surface area contributed by atoms with Crippen LogP contribution in [-0.2, 0) is 4.79 Å². The normalized spacial score (nSPS) is 38.5. The van der Waals surface area contributed by atoms with E-state index in [0.717, 1.165) is 0 Å². The summed E-state index contributed by atoms with van der Waals surface area (Å²) in [5.41, 5.74) is 0. The van der Waals surface area contributed by atoms with Crippen LogP contribution in [0.4, 0.5) is 0 Å². The zero-order valence-electron chi connectivity index (χ0n) is 5.86. The van der Waals surface area contributed by atoms with Gasteiger partial charge < -0.3 is 25.4 Å². The molecule has 0 aromatic carbocycles. The number of nitrogens with one attached hydrogen (secondary N) is 1. The molecule has 3 N–H and O–H groups in total. The molecule has 1 saturated heterocycles. The topological polar surface area (TPSA) is 92.6 Å². The lowest BCUT2D eigenvalue weighted by atomic mass is 9.94. The van der Waals surface area contributed by atoms with Gasteiger partial charge in [-0.1, -0.05) is 0 Å². The van der Waals surface area contributed by atoms with Crippen LogP contribution in [0.5, 0.6) is 0 Å². The first-order valence-corrected chi connectivity index (χ1v) is 3.40. The minimum atomic E-state index is -1.33. The van der Waals surface area contributed by atoms with Gasteiger partial charge in [-0.15, -0.1) is 0 Å². The lowest BCUT2D eigenvalue weighted by Gasteiger charge is -2.32. The van der Waals surface area contributed by atoms with Crippen molar-refractivity contribution in [2.75, 3.05) is 13.1 Å². The highest BCUT2D eigenvalue weighted by Gasteiger charge is 2.30. The van der Waals surface area contributed by atoms with Gasteiger partial charge in [0.25, 0.3) is 0 Å². The molecule has 0 saturated carbocycles. The van der Waals surface area contributed by atoms with Gasteiger partial charge in [0.1, 0.15) is 0 Å². The molecule has 3 atom stereocenters. The van der Waals surface area contributed by atoms with Gasteiger partial charge in [0.2, 0.25) is 0 Å². The summed E-state index contributed by atoms with van der Waals surface area (Å²) in [5.74, 6) is -2.33. The van der Waals surface area contributed by atoms with Crippen molar-refractivity contribution >= 4 is 5.97 Å². The van der Waals surface area contributed by atoms with Crippen molar-refractivity contribution in [1.29, 1.82) is 0 Å². The number of carboxylic acid groups (broad SMARTS) is 1. The van der Waals surface area contributed by atoms with Crippen molar-refractivity contribution in [3.05, 3.63) is 0 Å². The fraction of sp³-hybridized carbons (Fsp3) is 0.833. The van der Waals surface area contributed by atoms with Crippen molar-refractivity contribution in [2.24, 2.45) is 5.92 Å². The van der Waals surface area contributed by atoms with Crippen molar-refractivity contribution < 1.29 is 20.1 Å². The van der Waals surface area contributed by atoms with Crippen LogP contribution in [0.1, 0.15) is 0 Å². The van der Waals surface area contributed by atoms with Crippen LogP contribution in [0, 0.1) is 5.92 Å². The summed E-state index contributed by atoms with van der Waals surface area (Å²) in [6.07, 6.45) is -2.21. The minimum absolute atomic E-state index is 0.153. The average Bonchev–Trinajstić information content (AvgIpc) is 1.94. The molecule has 1 heterocycles. The van der Waals surface area contributed by atoms with E-state index >= 15 is 0 Å². The van der Waals surface area contributed by atoms with Crippen molar-refractivity contribution in [3.8, 4) is 0 Å². The molecule has 0 radical (unpaired) electrons. The van der Waals surface area contributed by atoms with E-state index in [1.165, 1.54) is 0 Å². The highest BCUT2D eigenvalue weighted by molar-refractivity contribution is 5.69. The molecule has 0 spiro atoms. The third kappa shape index (κ3) is 1.68. The molecule has 5 nitrogen and oxygen atoms in total. The van der Waals surface area contributed by atoms with Gasteiger partial charge in [-0.25, -0.2) is 0 Å². The Morgan fingerprint density at radius 3 is 2.55 bits per heavy atom. The zero-order valence-corrected chi connectivity index (χ0v) is 5.86. The number of carbonyl (C=O) groups excluding carboxylic acids is 1. The largest absolute Gasteiger partial charge is 0.550 e. The first-order chi connectivity index (χ1) is 5.13. The number of aliphatic hydroxyl groups excluding tert-OH is 2. The molecule has 5 heteroatoms. The predicted octanol–water partition coefficient (Wildman–Crippen LogP) is -3.32. The van der Waals surface area contributed by atoms with Crippen LogP contribution in [0.15, 0.2) is 0 Å². The van der Waals surface area contributed by atoms with Crippen molar-refractivity contribution in [2.45, 2.75) is 12.2 Å². The molecular weight excluding hydrogens is 150 g/mol. The molecule has 0 aromatic heterocycles. The Kier molecular flexibility index (Phi) is 2.43. The SMILES string of the molecule is O=C([O-])C1CNC[C@H](O)[C@@H]1O. The molecule has 0 aromatic rings. The summed E-state index contributed by atoms with van der Waals surface area (Å²) in [4.78, 5) is 10.3. The van der Waals surface area contributed by atoms with Gasteiger partial charge in [-0.05, 0) is 0 Å². The van der Waals surface area contributed by atoms with Gasteiger partial charge in [-0.2, -0.15) is 0 Å². The molecule has 0 bridgehead atoms. The number of hydrogen-bond acceptors (Lipinski definition) is 5. The molecule has 0 amide bonds. The Labute approximate surface area is 63.7 Å². The number of aliphatic hydroxyl groups is 2. The van der Waals surface area contributed by atoms with Gasteiger partial charge in [0.05, 0.1) is 12.2 Å². The standard InChI is InChI=1S/C6H11NO4/c8-4-2-7-1-3(5(4)9)6(10)11/h3-5,7-9H,1-2H2,(H,10,11)/p-1/t3?,4-,5+/m0/s1. The first kappa shape index (κ1) is 8.45. The van der Waals surface area contributed by atoms with E-state index in [9.17, 15) is 9.90 Å². The molecule has 1 aliphatic heterocycles. The van der Waals surface area contributed by atoms with E-state index in [4.69, 9.17) is 10.2 Å². The Hall–Kier alpha value is -0.650. The van der Waals surface area contributed by atoms with E-state index in [1.807, 2.05) is 0 Å². The molecule has 1 fully saturated rings. The summed E-state index contributed by atoms with van der Waals surface area (Å²) < 4.78 is 0. The molecule has 0 aliphatic carbocycles. The van der Waals surface area contributed by atoms with Crippen LogP contribution in [0.25, 0.3) is 0 Å². The Bertz CT molecular complexity index is 161. The predicted molar refractivity (Wildman–Crippen MR) is 33.4 cm³/mol. The maximum Gasteiger partial charge on any atom is 0.0930 e. The molecule has 1 unspecified atom stereocenters. The van der Waals surface area contributed by atoms with E-state index in [0.29, 0.717) is 0 Å². The van der Waals surface area contributed by atoms with Gasteiger partial charge >= 0.3 is 0 Å². The highest BCUT2D eigenvalue weighted by atomic mass is 16.4. The van der Waals surface area contributed by atoms with E-state index in [-0.39, 0.29) is 13.1 Å². The van der Waals surface area contributed by atoms with Crippen LogP contribution < -0.4 is 10.4 Å². The second-order valence-corrected chi connectivity index (χ2v) is 2.64. The van der Waals surface area contributed by atoms with Gasteiger partial charge in [0.15, 0.2) is 0 Å². The Balaban J connectivity index is 2.58. The van der Waals surface area contributed by atoms with E-state index in [2.05, 4.69) is 5.32 Å². The number of aliphatic carboxylic acids is 1. The summed E-state index contributed by atoms with van der Waals surface area (Å²) in [6.45, 7) is 0.380. The smallest absolute Gasteiger partial charge is 0.0930 e. The molecule has 1 aliphatic rings. The maximum atomic E-state index is 10.3. The monoisotopic (exact) mass is 160 g/mol. The zero-order chi connectivity index (χ0) is 8.43. The highest BCUT2D eigenvalue weighted by Crippen LogP contribution is 2.10. The molecular formula is C6H10NO4-. The van der Waals surface area contributed by atoms with Crippen LogP contribution in [0.2, 0.25) is 0 Å². The van der Waals surface area contributed by atoms with Gasteiger partial charge in [-0.3, -0.25) is 0 Å². The summed E-state index contributed by atoms with van der Waals surface area (Å²) in [7, 11) is 0. The van der Waals surface area contributed by atoms with Crippen molar-refractivity contribution in [3.63, 3.8) is 0 Å². The van der Waals surface area contributed by atoms with Gasteiger partial charge in [0, 0.05) is 25.0 Å². The lowest BCUT2D eigenvalue weighted by molar-refractivity contribution is -0.316. The molecule has 11 heavy (non-hydrogen) atoms. The number of carbonyl (C=O) groups is 1. The number of hydrogen-bond donors (Lipinski definition) is 3. The van der Waals surface area contributed by atoms with Crippen molar-refractivity contribution in [1.82, 2.24) is 5.32 Å². The Morgan fingerprint density at radius 1 is 1.45 bits per heavy atom. The summed E-state index contributed by atoms with van der Waals surface area (Å²) in [5, 5.41) is 31.0. The second-order valence-electron chi connectivity index (χ2n) is 2.64. The number of carboxylic acids is 1. The van der Waals surface area contributed by atoms with Crippen LogP contribution in [0.3, 0.4) is 0 Å². The minimum Gasteiger partial charge on any atom is -0.550 e. The Morgan fingerprint density at radius 2 is 2.09 bits per heavy atom. The fourth-order valence-corrected chi connectivity index (χ4v) is 1.12. The average molecular weight is 160 g/mol. The quantitative estimate of drug-likeness (QED) is 0.373. The summed E-state index contributed by atoms with van der Waals surface area (Å²) >= 11 is 0. The molecule has 1 rings (SSSR count). The third-order valence-electron chi connectivity index (χ3n) is 1.83. The second kappa shape index (κ2) is 3.17. The lowest BCUT2D eigenvalue weighted by Crippen LogP contribution is -2.56. The van der Waals surface area contributed by atoms with E-state index < -0.39 is 24.1 Å². The van der Waals surface area contributed by atoms with Crippen LogP contribution in [-0.4, -0.2) is 41.5 Å². The third-order valence-corrected chi connectivity index (χ3v) is 1.83. The number of piperidine rings is 1. The first-order valence-electron chi connectivity index (χ1n) is 3.40. The van der Waals surface area contributed by atoms with E-state index in [1.54, 1.807) is 0 Å².